The number of nitroso groups, excluding NO2 is 1. The molecule has 1 fully saturated rings. The minimum Gasteiger partial charge on any atom is -0.399 e. The molecule has 21 heavy (non-hydrogen) atoms. The van der Waals surface area contributed by atoms with Gasteiger partial charge in [0.05, 0.1) is 24.8 Å². The van der Waals surface area contributed by atoms with E-state index in [-0.39, 0.29) is 24.7 Å². The Morgan fingerprint density at radius 1 is 1.43 bits per heavy atom. The van der Waals surface area contributed by atoms with E-state index in [0.717, 1.165) is 24.1 Å². The number of hydrogen-bond acceptors (Lipinski definition) is 6. The third-order valence-corrected chi connectivity index (χ3v) is 4.38. The van der Waals surface area contributed by atoms with Crippen molar-refractivity contribution in [2.75, 3.05) is 17.2 Å². The fourth-order valence-electron chi connectivity index (χ4n) is 3.11. The highest BCUT2D eigenvalue weighted by atomic mass is 16.3. The first-order valence-electron chi connectivity index (χ1n) is 7.25. The van der Waals surface area contributed by atoms with E-state index in [1.165, 1.54) is 0 Å². The first kappa shape index (κ1) is 15.7. The van der Waals surface area contributed by atoms with Gasteiger partial charge in [-0.2, -0.15) is 4.91 Å². The Morgan fingerprint density at radius 2 is 2.10 bits per heavy atom. The summed E-state index contributed by atoms with van der Waals surface area (Å²) in [6.45, 7) is 3.40. The molecule has 0 saturated carbocycles. The van der Waals surface area contributed by atoms with E-state index in [2.05, 4.69) is 5.18 Å². The lowest BCUT2D eigenvalue weighted by Crippen LogP contribution is -2.47. The van der Waals surface area contributed by atoms with Crippen LogP contribution in [-0.2, 0) is 0 Å². The molecule has 1 aromatic carbocycles. The van der Waals surface area contributed by atoms with E-state index >= 15 is 0 Å². The quantitative estimate of drug-likeness (QED) is 0.563. The lowest BCUT2D eigenvalue weighted by atomic mass is 10.1. The van der Waals surface area contributed by atoms with Crippen LogP contribution in [0.5, 0.6) is 0 Å². The molecule has 4 N–H and O–H groups in total. The molecule has 0 amide bonds. The predicted molar refractivity (Wildman–Crippen MR) is 83.2 cm³/mol. The number of rotatable bonds is 5. The fraction of sp³-hybridized carbons (Fsp3) is 0.600. The lowest BCUT2D eigenvalue weighted by Gasteiger charge is -2.35. The minimum atomic E-state index is -0.841. The SMILES string of the molecule is Cc1cc(N2C(C(O)CO)CCC2C(C)N=O)ccc1N. The van der Waals surface area contributed by atoms with E-state index in [4.69, 9.17) is 5.73 Å². The Morgan fingerprint density at radius 3 is 2.67 bits per heavy atom. The van der Waals surface area contributed by atoms with Crippen molar-refractivity contribution in [2.45, 2.75) is 50.9 Å². The van der Waals surface area contributed by atoms with Crippen molar-refractivity contribution in [3.05, 3.63) is 28.7 Å². The van der Waals surface area contributed by atoms with E-state index in [1.807, 2.05) is 30.0 Å². The number of aliphatic hydroxyl groups is 2. The van der Waals surface area contributed by atoms with Gasteiger partial charge in [-0.1, -0.05) is 5.18 Å². The largest absolute Gasteiger partial charge is 0.399 e. The molecule has 0 bridgehead atoms. The van der Waals surface area contributed by atoms with Crippen LogP contribution in [-0.4, -0.2) is 41.0 Å². The Balaban J connectivity index is 2.39. The summed E-state index contributed by atoms with van der Waals surface area (Å²) in [4.78, 5) is 12.9. The maximum Gasteiger partial charge on any atom is 0.109 e. The number of benzene rings is 1. The summed E-state index contributed by atoms with van der Waals surface area (Å²) < 4.78 is 0. The second kappa shape index (κ2) is 6.41. The highest BCUT2D eigenvalue weighted by molar-refractivity contribution is 5.60. The molecule has 0 aromatic heterocycles. The molecule has 2 rings (SSSR count). The van der Waals surface area contributed by atoms with Crippen LogP contribution in [0.25, 0.3) is 0 Å². The van der Waals surface area contributed by atoms with Gasteiger partial charge in [0, 0.05) is 11.4 Å². The highest BCUT2D eigenvalue weighted by Gasteiger charge is 2.40. The summed E-state index contributed by atoms with van der Waals surface area (Å²) in [5.74, 6) is 0. The number of nitrogens with zero attached hydrogens (tertiary/aromatic N) is 2. The summed E-state index contributed by atoms with van der Waals surface area (Å²) in [5, 5.41) is 22.5. The Bertz CT molecular complexity index is 509. The van der Waals surface area contributed by atoms with Gasteiger partial charge in [-0.25, -0.2) is 0 Å². The second-order valence-corrected chi connectivity index (χ2v) is 5.76. The zero-order chi connectivity index (χ0) is 15.6. The van der Waals surface area contributed by atoms with Gasteiger partial charge in [0.15, 0.2) is 0 Å². The topological polar surface area (TPSA) is 99.1 Å². The van der Waals surface area contributed by atoms with Crippen LogP contribution in [0, 0.1) is 11.8 Å². The number of aryl methyl sites for hydroxylation is 1. The van der Waals surface area contributed by atoms with E-state index in [9.17, 15) is 15.1 Å². The normalized spacial score (nSPS) is 24.9. The third-order valence-electron chi connectivity index (χ3n) is 4.38. The molecule has 1 aliphatic rings. The van der Waals surface area contributed by atoms with Crippen molar-refractivity contribution in [1.82, 2.24) is 0 Å². The maximum absolute atomic E-state index is 10.9. The summed E-state index contributed by atoms with van der Waals surface area (Å²) in [7, 11) is 0. The average molecular weight is 293 g/mol. The van der Waals surface area contributed by atoms with Gasteiger partial charge >= 0.3 is 0 Å². The average Bonchev–Trinajstić information content (AvgIpc) is 2.93. The molecule has 0 spiro atoms. The van der Waals surface area contributed by atoms with Gasteiger partial charge in [0.25, 0.3) is 0 Å². The fourth-order valence-corrected chi connectivity index (χ4v) is 3.11. The zero-order valence-electron chi connectivity index (χ0n) is 12.4. The smallest absolute Gasteiger partial charge is 0.109 e. The van der Waals surface area contributed by atoms with Crippen molar-refractivity contribution < 1.29 is 10.2 Å². The Kier molecular flexibility index (Phi) is 4.80. The molecule has 1 heterocycles. The molecule has 1 saturated heterocycles. The van der Waals surface area contributed by atoms with Gasteiger partial charge in [-0.15, -0.1) is 0 Å². The zero-order valence-corrected chi connectivity index (χ0v) is 12.4. The molecule has 116 valence electrons. The second-order valence-electron chi connectivity index (χ2n) is 5.76. The van der Waals surface area contributed by atoms with Gasteiger partial charge in [-0.05, 0) is 50.5 Å². The number of aliphatic hydroxyl groups excluding tert-OH is 2. The Hall–Kier alpha value is -1.66. The number of anilines is 2. The molecule has 4 unspecified atom stereocenters. The van der Waals surface area contributed by atoms with Gasteiger partial charge in [0.2, 0.25) is 0 Å². The van der Waals surface area contributed by atoms with Crippen LogP contribution in [0.1, 0.15) is 25.3 Å². The number of nitrogen functional groups attached to an aromatic ring is 1. The van der Waals surface area contributed by atoms with Crippen molar-refractivity contribution in [3.63, 3.8) is 0 Å². The summed E-state index contributed by atoms with van der Waals surface area (Å²) in [6, 6.07) is 4.99. The molecular weight excluding hydrogens is 270 g/mol. The molecule has 6 nitrogen and oxygen atoms in total. The van der Waals surface area contributed by atoms with Crippen LogP contribution >= 0.6 is 0 Å². The first-order valence-corrected chi connectivity index (χ1v) is 7.25. The van der Waals surface area contributed by atoms with Crippen molar-refractivity contribution in [2.24, 2.45) is 5.18 Å². The molecular formula is C15H23N3O3. The summed E-state index contributed by atoms with van der Waals surface area (Å²) in [6.07, 6.45) is 0.639. The monoisotopic (exact) mass is 293 g/mol. The van der Waals surface area contributed by atoms with Crippen molar-refractivity contribution >= 4 is 11.4 Å². The molecule has 1 aromatic rings. The highest BCUT2D eigenvalue weighted by Crippen LogP contribution is 2.35. The molecule has 1 aliphatic heterocycles. The van der Waals surface area contributed by atoms with E-state index < -0.39 is 6.10 Å². The van der Waals surface area contributed by atoms with Crippen LogP contribution in [0.2, 0.25) is 0 Å². The number of nitrogens with two attached hydrogens (primary N) is 1. The maximum atomic E-state index is 10.9. The van der Waals surface area contributed by atoms with Gasteiger partial charge < -0.3 is 20.8 Å². The Labute approximate surface area is 124 Å². The summed E-state index contributed by atoms with van der Waals surface area (Å²) >= 11 is 0. The number of hydrogen-bond donors (Lipinski definition) is 3. The van der Waals surface area contributed by atoms with Crippen LogP contribution < -0.4 is 10.6 Å². The first-order chi connectivity index (χ1) is 9.99. The standard InChI is InChI=1S/C15H23N3O3/c1-9-7-11(3-4-12(9)16)18-13(10(2)17-21)5-6-14(18)15(20)8-19/h3-4,7,10,13-15,19-20H,5-6,8,16H2,1-2H3. The van der Waals surface area contributed by atoms with Crippen LogP contribution in [0.15, 0.2) is 23.4 Å². The van der Waals surface area contributed by atoms with E-state index in [0.29, 0.717) is 5.69 Å². The van der Waals surface area contributed by atoms with Crippen LogP contribution in [0.4, 0.5) is 11.4 Å². The molecule has 4 atom stereocenters. The predicted octanol–water partition coefficient (Wildman–Crippen LogP) is 1.42. The molecule has 0 radical (unpaired) electrons. The van der Waals surface area contributed by atoms with E-state index in [1.54, 1.807) is 6.92 Å². The third kappa shape index (κ3) is 3.01. The van der Waals surface area contributed by atoms with Crippen molar-refractivity contribution in [3.8, 4) is 0 Å². The molecule has 6 heteroatoms. The van der Waals surface area contributed by atoms with Crippen LogP contribution in [0.3, 0.4) is 0 Å². The van der Waals surface area contributed by atoms with Gasteiger partial charge in [0.1, 0.15) is 6.04 Å². The minimum absolute atomic E-state index is 0.0725. The van der Waals surface area contributed by atoms with Crippen molar-refractivity contribution in [1.29, 1.82) is 0 Å². The summed E-state index contributed by atoms with van der Waals surface area (Å²) in [5.41, 5.74) is 8.40. The molecule has 0 aliphatic carbocycles. The van der Waals surface area contributed by atoms with Gasteiger partial charge in [-0.3, -0.25) is 0 Å². The lowest BCUT2D eigenvalue weighted by molar-refractivity contribution is 0.0744.